The molecule has 2 heterocycles. The van der Waals surface area contributed by atoms with E-state index in [0.29, 0.717) is 11.7 Å². The van der Waals surface area contributed by atoms with Crippen LogP contribution >= 0.6 is 15.9 Å². The number of pyridine rings is 1. The highest BCUT2D eigenvalue weighted by atomic mass is 79.9. The van der Waals surface area contributed by atoms with Crippen molar-refractivity contribution in [1.82, 2.24) is 14.9 Å². The number of nitrogens with one attached hydrogen (secondary N) is 1. The van der Waals surface area contributed by atoms with Gasteiger partial charge in [-0.05, 0) is 61.7 Å². The zero-order valence-electron chi connectivity index (χ0n) is 19.3. The van der Waals surface area contributed by atoms with Crippen LogP contribution in [0.4, 0.5) is 0 Å². The normalized spacial score (nSPS) is 10.9. The molecule has 0 spiro atoms. The minimum atomic E-state index is 0.0926. The van der Waals surface area contributed by atoms with Crippen molar-refractivity contribution in [3.8, 4) is 0 Å². The largest absolute Gasteiger partial charge is 0.351 e. The lowest BCUT2D eigenvalue weighted by atomic mass is 10.1. The number of rotatable bonds is 4. The number of hydrogen-bond donors (Lipinski definition) is 2. The average molecular weight is 481 g/mol. The number of nitrogens with two attached hydrogens (primary N) is 1. The lowest BCUT2D eigenvalue weighted by molar-refractivity contribution is -0.126. The molecule has 6 nitrogen and oxygen atoms in total. The van der Waals surface area contributed by atoms with Gasteiger partial charge in [-0.15, -0.1) is 6.58 Å². The average Bonchev–Trinajstić information content (AvgIpc) is 3.09. The molecule has 0 unspecified atom stereocenters. The van der Waals surface area contributed by atoms with Gasteiger partial charge >= 0.3 is 0 Å². The number of carbonyl (C=O) groups is 2. The Hall–Kier alpha value is -2.25. The number of fused-ring (bicyclic) bond motifs is 1. The molecule has 2 aromatic heterocycles. The van der Waals surface area contributed by atoms with Crippen LogP contribution in [0.5, 0.6) is 0 Å². The van der Waals surface area contributed by atoms with Crippen molar-refractivity contribution in [1.29, 1.82) is 0 Å². The quantitative estimate of drug-likeness (QED) is 0.343. The monoisotopic (exact) mass is 480 g/mol. The summed E-state index contributed by atoms with van der Waals surface area (Å²) in [6.07, 6.45) is 8.56. The maximum atomic E-state index is 10.4. The van der Waals surface area contributed by atoms with Crippen LogP contribution in [0, 0.1) is 0 Å². The molecule has 0 fully saturated rings. The second-order valence-electron chi connectivity index (χ2n) is 6.74. The molecule has 1 amide bonds. The molecule has 2 aromatic rings. The van der Waals surface area contributed by atoms with E-state index >= 15 is 0 Å². The minimum absolute atomic E-state index is 0.0926. The van der Waals surface area contributed by atoms with Crippen LogP contribution in [0.15, 0.2) is 47.2 Å². The van der Waals surface area contributed by atoms with Crippen molar-refractivity contribution in [2.24, 2.45) is 5.73 Å². The molecular formula is C23H37BrN4O2. The predicted molar refractivity (Wildman–Crippen MR) is 132 cm³/mol. The Morgan fingerprint density at radius 3 is 2.23 bits per heavy atom. The Bertz CT molecular complexity index is 796. The number of H-pyrrole nitrogens is 1. The summed E-state index contributed by atoms with van der Waals surface area (Å²) >= 11 is 3.25. The van der Waals surface area contributed by atoms with Gasteiger partial charge in [-0.2, -0.15) is 0 Å². The molecule has 0 saturated heterocycles. The van der Waals surface area contributed by atoms with E-state index in [-0.39, 0.29) is 5.91 Å². The minimum Gasteiger partial charge on any atom is -0.351 e. The summed E-state index contributed by atoms with van der Waals surface area (Å²) in [7, 11) is 3.45. The highest BCUT2D eigenvalue weighted by Crippen LogP contribution is 2.17. The summed E-state index contributed by atoms with van der Waals surface area (Å²) in [4.78, 5) is 28.9. The van der Waals surface area contributed by atoms with Crippen LogP contribution in [0.1, 0.15) is 57.9 Å². The molecule has 0 radical (unpaired) electrons. The number of aromatic nitrogens is 2. The molecule has 0 aliphatic rings. The number of aldehydes is 1. The number of nitrogens with zero attached hydrogens (tertiary/aromatic N) is 2. The Balaban J connectivity index is 0. The first-order valence-corrected chi connectivity index (χ1v) is 10.6. The highest BCUT2D eigenvalue weighted by molar-refractivity contribution is 9.10. The van der Waals surface area contributed by atoms with Crippen molar-refractivity contribution in [3.05, 3.63) is 52.9 Å². The maximum absolute atomic E-state index is 10.4. The topological polar surface area (TPSA) is 92.1 Å². The first kappa shape index (κ1) is 29.9. The summed E-state index contributed by atoms with van der Waals surface area (Å²) in [6.45, 7) is 13.1. The molecular weight excluding hydrogens is 444 g/mol. The van der Waals surface area contributed by atoms with E-state index in [4.69, 9.17) is 5.73 Å². The highest BCUT2D eigenvalue weighted by Gasteiger charge is 1.99. The van der Waals surface area contributed by atoms with Gasteiger partial charge in [0.05, 0.1) is 17.4 Å². The van der Waals surface area contributed by atoms with Gasteiger partial charge < -0.3 is 15.6 Å². The third-order valence-corrected chi connectivity index (χ3v) is 4.13. The van der Waals surface area contributed by atoms with Gasteiger partial charge in [-0.3, -0.25) is 9.59 Å². The van der Waals surface area contributed by atoms with Gasteiger partial charge in [0, 0.05) is 32.4 Å². The third-order valence-electron chi connectivity index (χ3n) is 3.70. The summed E-state index contributed by atoms with van der Waals surface area (Å²) in [5.74, 6) is 0.0926. The van der Waals surface area contributed by atoms with E-state index in [9.17, 15) is 9.59 Å². The third kappa shape index (κ3) is 14.7. The zero-order valence-corrected chi connectivity index (χ0v) is 20.9. The molecule has 7 heteroatoms. The van der Waals surface area contributed by atoms with Crippen molar-refractivity contribution in [2.45, 2.75) is 53.5 Å². The molecule has 2 rings (SSSR count). The number of hydrogen-bond acceptors (Lipinski definition) is 4. The van der Waals surface area contributed by atoms with Gasteiger partial charge in [-0.25, -0.2) is 4.98 Å². The molecule has 168 valence electrons. The van der Waals surface area contributed by atoms with E-state index in [2.05, 4.69) is 52.4 Å². The Morgan fingerprint density at radius 2 is 1.90 bits per heavy atom. The van der Waals surface area contributed by atoms with Crippen LogP contribution in [0.25, 0.3) is 10.9 Å². The second kappa shape index (κ2) is 17.6. The van der Waals surface area contributed by atoms with Gasteiger partial charge in [0.15, 0.2) is 6.29 Å². The lowest BCUT2D eigenvalue weighted by Crippen LogP contribution is -2.17. The van der Waals surface area contributed by atoms with Gasteiger partial charge in [-0.1, -0.05) is 24.6 Å². The Kier molecular flexibility index (Phi) is 17.6. The van der Waals surface area contributed by atoms with Gasteiger partial charge in [0.2, 0.25) is 5.91 Å². The molecule has 0 aliphatic carbocycles. The molecule has 0 saturated carbocycles. The van der Waals surface area contributed by atoms with E-state index < -0.39 is 0 Å². The van der Waals surface area contributed by atoms with Crippen LogP contribution in [-0.4, -0.2) is 47.2 Å². The van der Waals surface area contributed by atoms with Crippen molar-refractivity contribution >= 4 is 39.0 Å². The summed E-state index contributed by atoms with van der Waals surface area (Å²) in [5, 5.41) is 0.985. The number of allylic oxidation sites excluding steroid dienone is 2. The van der Waals surface area contributed by atoms with Crippen molar-refractivity contribution < 1.29 is 9.59 Å². The van der Waals surface area contributed by atoms with E-state index in [1.807, 2.05) is 19.9 Å². The second-order valence-corrected chi connectivity index (χ2v) is 7.55. The summed E-state index contributed by atoms with van der Waals surface area (Å²) in [5.41, 5.74) is 8.52. The fourth-order valence-electron chi connectivity index (χ4n) is 1.97. The van der Waals surface area contributed by atoms with E-state index in [0.717, 1.165) is 34.6 Å². The lowest BCUT2D eigenvalue weighted by Gasteiger charge is -2.05. The number of carbonyl (C=O) groups excluding carboxylic acids is 2. The molecule has 0 bridgehead atoms. The number of aromatic amines is 1. The Labute approximate surface area is 189 Å². The molecule has 3 N–H and O–H groups in total. The van der Waals surface area contributed by atoms with Crippen LogP contribution < -0.4 is 5.73 Å². The molecule has 1 atom stereocenters. The summed E-state index contributed by atoms with van der Waals surface area (Å²) in [6, 6.07) is 3.96. The van der Waals surface area contributed by atoms with E-state index in [1.54, 1.807) is 32.4 Å². The van der Waals surface area contributed by atoms with Crippen LogP contribution in [0.2, 0.25) is 0 Å². The van der Waals surface area contributed by atoms with Crippen LogP contribution in [0.3, 0.4) is 0 Å². The maximum Gasteiger partial charge on any atom is 0.218 e. The molecule has 30 heavy (non-hydrogen) atoms. The fraction of sp³-hybridized carbons (Fsp3) is 0.435. The molecule has 0 aromatic carbocycles. The SMILES string of the molecule is C/C=C(\CC)C[C@@H](C)N.C=CC.CC(=O)N(C)C.O=Cc1cc2cc(Br)ncc2[nH]1. The summed E-state index contributed by atoms with van der Waals surface area (Å²) < 4.78 is 0.770. The predicted octanol–water partition coefficient (Wildman–Crippen LogP) is 5.50. The standard InChI is InChI=1S/C8H5BrN2O.C8H17N.C4H9NO.C3H6/c9-8-2-5-1-6(4-12)11-7(5)3-10-8;1-4-8(5-2)6-7(3)9;1-4(6)5(2)3;1-3-2/h1-4,11H;4,7H,5-6,9H2,1-3H3;1-3H3;3H,1H2,2H3/b;8-4+;;/t;7-;;/m.1../s1. The number of amides is 1. The van der Waals surface area contributed by atoms with Gasteiger partial charge in [0.1, 0.15) is 4.60 Å². The van der Waals surface area contributed by atoms with Crippen molar-refractivity contribution in [2.75, 3.05) is 14.1 Å². The number of halogens is 1. The zero-order chi connectivity index (χ0) is 23.7. The first-order valence-electron chi connectivity index (χ1n) is 9.80. The molecule has 0 aliphatic heterocycles. The van der Waals surface area contributed by atoms with Crippen LogP contribution in [-0.2, 0) is 4.79 Å². The first-order chi connectivity index (χ1) is 14.1. The van der Waals surface area contributed by atoms with Crippen molar-refractivity contribution in [3.63, 3.8) is 0 Å². The van der Waals surface area contributed by atoms with E-state index in [1.165, 1.54) is 17.4 Å². The Morgan fingerprint density at radius 1 is 1.37 bits per heavy atom. The van der Waals surface area contributed by atoms with Gasteiger partial charge in [0.25, 0.3) is 0 Å². The fourth-order valence-corrected chi connectivity index (χ4v) is 2.32. The smallest absolute Gasteiger partial charge is 0.218 e.